The highest BCUT2D eigenvalue weighted by Crippen LogP contribution is 2.39. The van der Waals surface area contributed by atoms with Crippen LogP contribution < -0.4 is 0 Å². The van der Waals surface area contributed by atoms with Gasteiger partial charge in [0.15, 0.2) is 0 Å². The maximum Gasteiger partial charge on any atom is 0.0649 e. The van der Waals surface area contributed by atoms with E-state index in [1.807, 2.05) is 6.92 Å². The Labute approximate surface area is 86.7 Å². The normalized spacial score (nSPS) is 44.5. The number of hydrogen-bond donors (Lipinski definition) is 1. The van der Waals surface area contributed by atoms with Gasteiger partial charge in [0.25, 0.3) is 0 Å². The summed E-state index contributed by atoms with van der Waals surface area (Å²) in [6.07, 6.45) is 4.57. The number of aliphatic hydroxyl groups is 1. The topological polar surface area (TPSA) is 23.5 Å². The molecule has 0 aromatic rings. The first kappa shape index (κ1) is 11.3. The Hall–Kier alpha value is 0.210. The Morgan fingerprint density at radius 1 is 1.31 bits per heavy atom. The zero-order valence-electron chi connectivity index (χ0n) is 8.49. The van der Waals surface area contributed by atoms with Crippen LogP contribution in [0.1, 0.15) is 39.5 Å². The molecule has 2 bridgehead atoms. The smallest absolute Gasteiger partial charge is 0.0649 e. The molecule has 2 saturated heterocycles. The third-order valence-corrected chi connectivity index (χ3v) is 3.49. The second-order valence-corrected chi connectivity index (χ2v) is 4.62. The molecule has 0 amide bonds. The lowest BCUT2D eigenvalue weighted by molar-refractivity contribution is -0.0365. The Bertz CT molecular complexity index is 168. The number of piperidine rings is 1. The van der Waals surface area contributed by atoms with Crippen LogP contribution in [-0.2, 0) is 0 Å². The van der Waals surface area contributed by atoms with E-state index in [0.717, 1.165) is 19.4 Å². The molecule has 2 heterocycles. The number of fused-ring (bicyclic) bond motifs is 2. The fourth-order valence-corrected chi connectivity index (χ4v) is 3.07. The van der Waals surface area contributed by atoms with Crippen molar-refractivity contribution in [3.05, 3.63) is 0 Å². The van der Waals surface area contributed by atoms with Gasteiger partial charge in [-0.25, -0.2) is 0 Å². The van der Waals surface area contributed by atoms with E-state index in [1.54, 1.807) is 0 Å². The lowest BCUT2D eigenvalue weighted by Gasteiger charge is -2.41. The van der Waals surface area contributed by atoms with Crippen molar-refractivity contribution in [1.82, 2.24) is 4.90 Å². The summed E-state index contributed by atoms with van der Waals surface area (Å²) in [5.41, 5.74) is -0.377. The monoisotopic (exact) mass is 205 g/mol. The largest absolute Gasteiger partial charge is 0.390 e. The summed E-state index contributed by atoms with van der Waals surface area (Å²) in [5, 5.41) is 9.94. The second-order valence-electron chi connectivity index (χ2n) is 4.62. The summed E-state index contributed by atoms with van der Waals surface area (Å²) in [6, 6.07) is 1.34. The third-order valence-electron chi connectivity index (χ3n) is 3.49. The van der Waals surface area contributed by atoms with Crippen molar-refractivity contribution >= 4 is 12.4 Å². The number of hydrogen-bond acceptors (Lipinski definition) is 2. The SMILES string of the molecule is CCN1C2CCC1CC(C)(O)C2.Cl. The Morgan fingerprint density at radius 3 is 2.15 bits per heavy atom. The van der Waals surface area contributed by atoms with Gasteiger partial charge in [-0.1, -0.05) is 6.92 Å². The molecule has 13 heavy (non-hydrogen) atoms. The fourth-order valence-electron chi connectivity index (χ4n) is 3.07. The van der Waals surface area contributed by atoms with Gasteiger partial charge in [-0.05, 0) is 39.2 Å². The van der Waals surface area contributed by atoms with Crippen LogP contribution in [0.25, 0.3) is 0 Å². The standard InChI is InChI=1S/C10H19NO.ClH/c1-3-11-8-4-5-9(11)7-10(2,12)6-8;/h8-9,12H,3-7H2,1-2H3;1H. The molecule has 2 aliphatic heterocycles. The van der Waals surface area contributed by atoms with Crippen molar-refractivity contribution in [2.45, 2.75) is 57.2 Å². The van der Waals surface area contributed by atoms with E-state index < -0.39 is 0 Å². The first-order valence-electron chi connectivity index (χ1n) is 5.10. The van der Waals surface area contributed by atoms with Gasteiger partial charge in [0.1, 0.15) is 0 Å². The molecule has 2 unspecified atom stereocenters. The molecule has 0 aromatic carbocycles. The van der Waals surface area contributed by atoms with Crippen LogP contribution in [0.2, 0.25) is 0 Å². The van der Waals surface area contributed by atoms with E-state index in [9.17, 15) is 5.11 Å². The minimum atomic E-state index is -0.377. The molecule has 0 aliphatic carbocycles. The van der Waals surface area contributed by atoms with Gasteiger partial charge in [0.05, 0.1) is 5.60 Å². The molecule has 2 atom stereocenters. The van der Waals surface area contributed by atoms with Crippen LogP contribution >= 0.6 is 12.4 Å². The fraction of sp³-hybridized carbons (Fsp3) is 1.00. The number of rotatable bonds is 1. The van der Waals surface area contributed by atoms with Crippen LogP contribution in [0.15, 0.2) is 0 Å². The molecular weight excluding hydrogens is 186 g/mol. The third kappa shape index (κ3) is 2.00. The van der Waals surface area contributed by atoms with Crippen LogP contribution in [0.5, 0.6) is 0 Å². The minimum Gasteiger partial charge on any atom is -0.390 e. The molecule has 0 saturated carbocycles. The van der Waals surface area contributed by atoms with Gasteiger partial charge in [0.2, 0.25) is 0 Å². The zero-order chi connectivity index (χ0) is 8.77. The predicted octanol–water partition coefficient (Wildman–Crippen LogP) is 1.81. The Balaban J connectivity index is 0.000000845. The van der Waals surface area contributed by atoms with E-state index in [0.29, 0.717) is 12.1 Å². The summed E-state index contributed by atoms with van der Waals surface area (Å²) in [6.45, 7) is 5.38. The van der Waals surface area contributed by atoms with E-state index in [-0.39, 0.29) is 18.0 Å². The first-order valence-corrected chi connectivity index (χ1v) is 5.10. The van der Waals surface area contributed by atoms with E-state index in [1.165, 1.54) is 12.8 Å². The summed E-state index contributed by atoms with van der Waals surface area (Å²) >= 11 is 0. The molecule has 0 aromatic heterocycles. The highest BCUT2D eigenvalue weighted by molar-refractivity contribution is 5.85. The van der Waals surface area contributed by atoms with Gasteiger partial charge in [-0.15, -0.1) is 12.4 Å². The molecule has 2 aliphatic rings. The van der Waals surface area contributed by atoms with Crippen molar-refractivity contribution in [1.29, 1.82) is 0 Å². The summed E-state index contributed by atoms with van der Waals surface area (Å²) in [7, 11) is 0. The molecule has 1 N–H and O–H groups in total. The molecule has 0 radical (unpaired) electrons. The van der Waals surface area contributed by atoms with E-state index in [4.69, 9.17) is 0 Å². The Kier molecular flexibility index (Phi) is 3.26. The van der Waals surface area contributed by atoms with Crippen molar-refractivity contribution in [2.24, 2.45) is 0 Å². The summed E-state index contributed by atoms with van der Waals surface area (Å²) < 4.78 is 0. The lowest BCUT2D eigenvalue weighted by atomic mass is 9.88. The van der Waals surface area contributed by atoms with Gasteiger partial charge < -0.3 is 5.11 Å². The minimum absolute atomic E-state index is 0. The Morgan fingerprint density at radius 2 is 1.77 bits per heavy atom. The number of nitrogens with zero attached hydrogens (tertiary/aromatic N) is 1. The van der Waals surface area contributed by atoms with Crippen molar-refractivity contribution in [2.75, 3.05) is 6.54 Å². The quantitative estimate of drug-likeness (QED) is 0.706. The molecule has 78 valence electrons. The summed E-state index contributed by atoms with van der Waals surface area (Å²) in [5.74, 6) is 0. The maximum absolute atomic E-state index is 9.94. The van der Waals surface area contributed by atoms with Crippen LogP contribution in [-0.4, -0.2) is 34.2 Å². The molecule has 0 spiro atoms. The highest BCUT2D eigenvalue weighted by Gasteiger charge is 2.44. The molecule has 2 rings (SSSR count). The average molecular weight is 206 g/mol. The lowest BCUT2D eigenvalue weighted by Crippen LogP contribution is -2.49. The molecule has 2 nitrogen and oxygen atoms in total. The van der Waals surface area contributed by atoms with E-state index >= 15 is 0 Å². The highest BCUT2D eigenvalue weighted by atomic mass is 35.5. The zero-order valence-corrected chi connectivity index (χ0v) is 9.31. The average Bonchev–Trinajstić information content (AvgIpc) is 2.23. The van der Waals surface area contributed by atoms with Gasteiger partial charge in [-0.2, -0.15) is 0 Å². The predicted molar refractivity (Wildman–Crippen MR) is 56.3 cm³/mol. The van der Waals surface area contributed by atoms with Crippen molar-refractivity contribution < 1.29 is 5.11 Å². The second kappa shape index (κ2) is 3.76. The van der Waals surface area contributed by atoms with Crippen molar-refractivity contribution in [3.8, 4) is 0 Å². The van der Waals surface area contributed by atoms with Crippen LogP contribution in [0.4, 0.5) is 0 Å². The first-order chi connectivity index (χ1) is 5.62. The van der Waals surface area contributed by atoms with Gasteiger partial charge in [0, 0.05) is 12.1 Å². The molecular formula is C10H20ClNO. The molecule has 3 heteroatoms. The van der Waals surface area contributed by atoms with Gasteiger partial charge in [-0.3, -0.25) is 4.90 Å². The van der Waals surface area contributed by atoms with Crippen LogP contribution in [0.3, 0.4) is 0 Å². The van der Waals surface area contributed by atoms with Crippen molar-refractivity contribution in [3.63, 3.8) is 0 Å². The maximum atomic E-state index is 9.94. The summed E-state index contributed by atoms with van der Waals surface area (Å²) in [4.78, 5) is 2.57. The van der Waals surface area contributed by atoms with Crippen LogP contribution in [0, 0.1) is 0 Å². The molecule has 2 fully saturated rings. The number of halogens is 1. The van der Waals surface area contributed by atoms with Gasteiger partial charge >= 0.3 is 0 Å². The van der Waals surface area contributed by atoms with E-state index in [2.05, 4.69) is 11.8 Å².